The van der Waals surface area contributed by atoms with Crippen molar-refractivity contribution in [2.24, 2.45) is 0 Å². The van der Waals surface area contributed by atoms with E-state index >= 15 is 0 Å². The third-order valence-electron chi connectivity index (χ3n) is 1.20. The largest absolute Gasteiger partial charge is 0.398 e. The van der Waals surface area contributed by atoms with E-state index in [1.54, 1.807) is 6.07 Å². The maximum absolute atomic E-state index is 10.5. The highest BCUT2D eigenvalue weighted by molar-refractivity contribution is 7.86. The first-order chi connectivity index (χ1) is 7.43. The first kappa shape index (κ1) is 17.3. The summed E-state index contributed by atoms with van der Waals surface area (Å²) in [5, 5.41) is 2.75. The number of anilines is 1. The van der Waals surface area contributed by atoms with Gasteiger partial charge in [-0.05, 0) is 26.2 Å². The number of nitrogen functional groups attached to an aromatic ring is 1. The molecule has 0 amide bonds. The Morgan fingerprint density at radius 2 is 1.56 bits per heavy atom. The number of rotatable bonds is 1. The molecule has 0 saturated heterocycles. The van der Waals surface area contributed by atoms with E-state index in [9.17, 15) is 8.42 Å². The van der Waals surface area contributed by atoms with Crippen molar-refractivity contribution >= 4 is 15.8 Å². The van der Waals surface area contributed by atoms with Crippen LogP contribution < -0.4 is 11.1 Å². The van der Waals surface area contributed by atoms with Gasteiger partial charge in [0.25, 0.3) is 10.1 Å². The Kier molecular flexibility index (Phi) is 9.88. The lowest BCUT2D eigenvalue weighted by molar-refractivity contribution is 0.483. The van der Waals surface area contributed by atoms with Crippen molar-refractivity contribution in [2.45, 2.75) is 18.7 Å². The van der Waals surface area contributed by atoms with Crippen LogP contribution in [0.2, 0.25) is 0 Å². The first-order valence-electron chi connectivity index (χ1n) is 4.84. The van der Waals surface area contributed by atoms with Crippen LogP contribution in [0.3, 0.4) is 0 Å². The maximum atomic E-state index is 10.5. The van der Waals surface area contributed by atoms with Gasteiger partial charge in [-0.25, -0.2) is 0 Å². The summed E-state index contributed by atoms with van der Waals surface area (Å²) in [4.78, 5) is -0.250. The highest BCUT2D eigenvalue weighted by Crippen LogP contribution is 2.15. The molecule has 0 aliphatic heterocycles. The molecular formula is C10H20N2O3S. The van der Waals surface area contributed by atoms with Gasteiger partial charge in [0, 0.05) is 0 Å². The van der Waals surface area contributed by atoms with Crippen molar-refractivity contribution in [3.8, 4) is 0 Å². The minimum atomic E-state index is -4.16. The van der Waals surface area contributed by atoms with Gasteiger partial charge in [-0.2, -0.15) is 8.42 Å². The minimum Gasteiger partial charge on any atom is -0.398 e. The van der Waals surface area contributed by atoms with Gasteiger partial charge in [0.15, 0.2) is 0 Å². The van der Waals surface area contributed by atoms with E-state index in [0.717, 1.165) is 0 Å². The van der Waals surface area contributed by atoms with Crippen LogP contribution in [0.25, 0.3) is 0 Å². The average Bonchev–Trinajstić information content (AvgIpc) is 2.21. The fourth-order valence-electron chi connectivity index (χ4n) is 0.715. The van der Waals surface area contributed by atoms with E-state index in [1.165, 1.54) is 18.2 Å². The van der Waals surface area contributed by atoms with Crippen molar-refractivity contribution in [1.82, 2.24) is 5.32 Å². The van der Waals surface area contributed by atoms with Gasteiger partial charge in [0.05, 0.1) is 5.69 Å². The predicted molar refractivity (Wildman–Crippen MR) is 67.0 cm³/mol. The molecular weight excluding hydrogens is 228 g/mol. The molecule has 0 heterocycles. The topological polar surface area (TPSA) is 92.4 Å². The molecule has 1 rings (SSSR count). The SMILES string of the molecule is CC.CNC.Nc1ccccc1S(=O)(=O)O. The highest BCUT2D eigenvalue weighted by Gasteiger charge is 2.11. The van der Waals surface area contributed by atoms with Crippen molar-refractivity contribution in [1.29, 1.82) is 0 Å². The molecule has 1 aromatic rings. The smallest absolute Gasteiger partial charge is 0.296 e. The fourth-order valence-corrected chi connectivity index (χ4v) is 1.33. The number of hydrogen-bond acceptors (Lipinski definition) is 4. The Morgan fingerprint density at radius 3 is 1.81 bits per heavy atom. The summed E-state index contributed by atoms with van der Waals surface area (Å²) >= 11 is 0. The Hall–Kier alpha value is -1.11. The number of nitrogens with two attached hydrogens (primary N) is 1. The van der Waals surface area contributed by atoms with Crippen LogP contribution in [0, 0.1) is 0 Å². The molecule has 0 aliphatic rings. The van der Waals surface area contributed by atoms with E-state index in [2.05, 4.69) is 5.32 Å². The number of benzene rings is 1. The number of nitrogens with one attached hydrogen (secondary N) is 1. The van der Waals surface area contributed by atoms with E-state index in [4.69, 9.17) is 10.3 Å². The normalized spacial score (nSPS) is 9.31. The van der Waals surface area contributed by atoms with E-state index in [1.807, 2.05) is 27.9 Å². The molecule has 0 aliphatic carbocycles. The standard InChI is InChI=1S/C6H7NO3S.C2H7N.C2H6/c7-5-3-1-2-4-6(5)11(8,9)10;1-3-2;1-2/h1-4H,7H2,(H,8,9,10);3H,1-2H3;1-2H3. The van der Waals surface area contributed by atoms with Crippen molar-refractivity contribution < 1.29 is 13.0 Å². The van der Waals surface area contributed by atoms with Gasteiger partial charge in [-0.15, -0.1) is 0 Å². The number of para-hydroxylation sites is 1. The Bertz CT molecular complexity index is 377. The molecule has 5 nitrogen and oxygen atoms in total. The quantitative estimate of drug-likeness (QED) is 0.516. The Balaban J connectivity index is 0. The lowest BCUT2D eigenvalue weighted by Gasteiger charge is -1.98. The predicted octanol–water partition coefficient (Wildman–Crippen LogP) is 1.38. The van der Waals surface area contributed by atoms with Crippen LogP contribution >= 0.6 is 0 Å². The van der Waals surface area contributed by atoms with Gasteiger partial charge >= 0.3 is 0 Å². The monoisotopic (exact) mass is 248 g/mol. The Labute approximate surface area is 97.4 Å². The second kappa shape index (κ2) is 9.14. The molecule has 0 aromatic heterocycles. The summed E-state index contributed by atoms with van der Waals surface area (Å²) in [7, 11) is -0.408. The van der Waals surface area contributed by atoms with Gasteiger partial charge in [0.2, 0.25) is 0 Å². The molecule has 0 bridgehead atoms. The zero-order valence-corrected chi connectivity index (χ0v) is 10.9. The molecule has 0 unspecified atom stereocenters. The van der Waals surface area contributed by atoms with Crippen molar-refractivity contribution in [3.63, 3.8) is 0 Å². The van der Waals surface area contributed by atoms with Gasteiger partial charge in [-0.1, -0.05) is 26.0 Å². The van der Waals surface area contributed by atoms with E-state index in [-0.39, 0.29) is 10.6 Å². The molecule has 0 atom stereocenters. The summed E-state index contributed by atoms with van der Waals surface area (Å²) < 4.78 is 29.6. The van der Waals surface area contributed by atoms with Gasteiger partial charge in [-0.3, -0.25) is 4.55 Å². The molecule has 6 heteroatoms. The molecule has 0 fully saturated rings. The molecule has 4 N–H and O–H groups in total. The third-order valence-corrected chi connectivity index (χ3v) is 2.12. The van der Waals surface area contributed by atoms with E-state index < -0.39 is 10.1 Å². The van der Waals surface area contributed by atoms with E-state index in [0.29, 0.717) is 0 Å². The molecule has 0 saturated carbocycles. The Morgan fingerprint density at radius 1 is 1.19 bits per heavy atom. The van der Waals surface area contributed by atoms with Gasteiger partial charge < -0.3 is 11.1 Å². The summed E-state index contributed by atoms with van der Waals surface area (Å²) in [5.74, 6) is 0. The molecule has 94 valence electrons. The second-order valence-electron chi connectivity index (χ2n) is 2.51. The molecule has 0 radical (unpaired) electrons. The summed E-state index contributed by atoms with van der Waals surface area (Å²) in [5.41, 5.74) is 5.32. The zero-order chi connectivity index (χ0) is 13.2. The zero-order valence-electron chi connectivity index (χ0n) is 10.1. The van der Waals surface area contributed by atoms with Crippen LogP contribution in [0.15, 0.2) is 29.2 Å². The average molecular weight is 248 g/mol. The van der Waals surface area contributed by atoms with Crippen LogP contribution in [0.5, 0.6) is 0 Å². The second-order valence-corrected chi connectivity index (χ2v) is 3.90. The van der Waals surface area contributed by atoms with Crippen molar-refractivity contribution in [3.05, 3.63) is 24.3 Å². The van der Waals surface area contributed by atoms with Crippen molar-refractivity contribution in [2.75, 3.05) is 19.8 Å². The molecule has 1 aromatic carbocycles. The van der Waals surface area contributed by atoms with Crippen LogP contribution in [0.1, 0.15) is 13.8 Å². The molecule has 16 heavy (non-hydrogen) atoms. The third kappa shape index (κ3) is 7.22. The van der Waals surface area contributed by atoms with Crippen LogP contribution in [0.4, 0.5) is 5.69 Å². The first-order valence-corrected chi connectivity index (χ1v) is 6.28. The van der Waals surface area contributed by atoms with Gasteiger partial charge in [0.1, 0.15) is 4.90 Å². The minimum absolute atomic E-state index is 0.0509. The lowest BCUT2D eigenvalue weighted by atomic mass is 10.3. The lowest BCUT2D eigenvalue weighted by Crippen LogP contribution is -2.01. The summed E-state index contributed by atoms with van der Waals surface area (Å²) in [6.07, 6.45) is 0. The van der Waals surface area contributed by atoms with Crippen LogP contribution in [-0.4, -0.2) is 27.1 Å². The number of hydrogen-bond donors (Lipinski definition) is 3. The summed E-state index contributed by atoms with van der Waals surface area (Å²) in [6.45, 7) is 4.00. The highest BCUT2D eigenvalue weighted by atomic mass is 32.2. The molecule has 0 spiro atoms. The van der Waals surface area contributed by atoms with Crippen LogP contribution in [-0.2, 0) is 10.1 Å². The summed E-state index contributed by atoms with van der Waals surface area (Å²) in [6, 6.07) is 5.72. The maximum Gasteiger partial charge on any atom is 0.296 e. The fraction of sp³-hybridized carbons (Fsp3) is 0.400.